The highest BCUT2D eigenvalue weighted by molar-refractivity contribution is 7.99. The van der Waals surface area contributed by atoms with Crippen molar-refractivity contribution in [1.82, 2.24) is 5.32 Å². The lowest BCUT2D eigenvalue weighted by molar-refractivity contribution is -0.138. The Kier molecular flexibility index (Phi) is 6.84. The molecule has 0 aromatic carbocycles. The summed E-state index contributed by atoms with van der Waals surface area (Å²) < 4.78 is 5.49. The fourth-order valence-corrected chi connectivity index (χ4v) is 2.79. The van der Waals surface area contributed by atoms with Crippen LogP contribution < -0.4 is 5.32 Å². The fourth-order valence-electron chi connectivity index (χ4n) is 1.63. The number of ether oxygens (including phenoxy) is 1. The standard InChI is InChI=1S/C11H21NO3S/c1-2-5-12-10(11(13)14)8-16-7-9-4-3-6-15-9/h9-10,12H,2-8H2,1H3,(H,13,14). The molecule has 0 radical (unpaired) electrons. The van der Waals surface area contributed by atoms with Gasteiger partial charge in [0.25, 0.3) is 0 Å². The molecule has 0 aromatic rings. The molecule has 2 atom stereocenters. The smallest absolute Gasteiger partial charge is 0.321 e. The maximum atomic E-state index is 10.9. The lowest BCUT2D eigenvalue weighted by Crippen LogP contribution is -2.39. The summed E-state index contributed by atoms with van der Waals surface area (Å²) in [6, 6.07) is -0.425. The molecular weight excluding hydrogens is 226 g/mol. The molecule has 5 heteroatoms. The van der Waals surface area contributed by atoms with E-state index in [1.165, 1.54) is 0 Å². The molecule has 0 spiro atoms. The van der Waals surface area contributed by atoms with Gasteiger partial charge in [0.15, 0.2) is 0 Å². The molecule has 16 heavy (non-hydrogen) atoms. The van der Waals surface area contributed by atoms with Crippen LogP contribution in [-0.2, 0) is 9.53 Å². The zero-order valence-corrected chi connectivity index (χ0v) is 10.6. The minimum Gasteiger partial charge on any atom is -0.480 e. The van der Waals surface area contributed by atoms with E-state index in [-0.39, 0.29) is 0 Å². The molecule has 1 aliphatic rings. The van der Waals surface area contributed by atoms with Crippen molar-refractivity contribution < 1.29 is 14.6 Å². The molecule has 0 aromatic heterocycles. The van der Waals surface area contributed by atoms with Crippen molar-refractivity contribution in [3.8, 4) is 0 Å². The van der Waals surface area contributed by atoms with Gasteiger partial charge in [-0.3, -0.25) is 4.79 Å². The van der Waals surface area contributed by atoms with Crippen molar-refractivity contribution in [2.45, 2.75) is 38.3 Å². The minimum atomic E-state index is -0.756. The monoisotopic (exact) mass is 247 g/mol. The third-order valence-electron chi connectivity index (χ3n) is 2.55. The quantitative estimate of drug-likeness (QED) is 0.678. The maximum absolute atomic E-state index is 10.9. The Labute approximate surface area is 101 Å². The van der Waals surface area contributed by atoms with Crippen molar-refractivity contribution in [3.63, 3.8) is 0 Å². The largest absolute Gasteiger partial charge is 0.480 e. The van der Waals surface area contributed by atoms with Crippen LogP contribution >= 0.6 is 11.8 Å². The van der Waals surface area contributed by atoms with E-state index in [1.807, 2.05) is 6.92 Å². The highest BCUT2D eigenvalue weighted by Gasteiger charge is 2.19. The van der Waals surface area contributed by atoms with Gasteiger partial charge < -0.3 is 15.2 Å². The van der Waals surface area contributed by atoms with Crippen LogP contribution in [0.2, 0.25) is 0 Å². The molecule has 4 nitrogen and oxygen atoms in total. The Morgan fingerprint density at radius 3 is 3.06 bits per heavy atom. The van der Waals surface area contributed by atoms with Crippen LogP contribution in [0.1, 0.15) is 26.2 Å². The van der Waals surface area contributed by atoms with Crippen LogP contribution in [0.4, 0.5) is 0 Å². The van der Waals surface area contributed by atoms with Crippen LogP contribution in [0.5, 0.6) is 0 Å². The second-order valence-corrected chi connectivity index (χ2v) is 5.09. The number of hydrogen-bond acceptors (Lipinski definition) is 4. The highest BCUT2D eigenvalue weighted by atomic mass is 32.2. The number of carbonyl (C=O) groups is 1. The summed E-state index contributed by atoms with van der Waals surface area (Å²) in [4.78, 5) is 10.9. The van der Waals surface area contributed by atoms with Crippen LogP contribution in [0.3, 0.4) is 0 Å². The first-order valence-corrected chi connectivity index (χ1v) is 7.05. The first-order valence-electron chi connectivity index (χ1n) is 5.89. The van der Waals surface area contributed by atoms with Gasteiger partial charge in [-0.15, -0.1) is 0 Å². The molecule has 0 aliphatic carbocycles. The second kappa shape index (κ2) is 7.92. The third-order valence-corrected chi connectivity index (χ3v) is 3.73. The molecule has 1 aliphatic heterocycles. The summed E-state index contributed by atoms with van der Waals surface area (Å²) in [6.07, 6.45) is 3.56. The molecule has 1 rings (SSSR count). The van der Waals surface area contributed by atoms with Gasteiger partial charge >= 0.3 is 5.97 Å². The van der Waals surface area contributed by atoms with Gasteiger partial charge in [-0.1, -0.05) is 6.92 Å². The minimum absolute atomic E-state index is 0.339. The third kappa shape index (κ3) is 5.18. The zero-order chi connectivity index (χ0) is 11.8. The van der Waals surface area contributed by atoms with E-state index in [9.17, 15) is 4.79 Å². The van der Waals surface area contributed by atoms with Crippen LogP contribution in [0, 0.1) is 0 Å². The van der Waals surface area contributed by atoms with Crippen molar-refractivity contribution in [3.05, 3.63) is 0 Å². The molecule has 2 N–H and O–H groups in total. The Morgan fingerprint density at radius 1 is 1.69 bits per heavy atom. The lowest BCUT2D eigenvalue weighted by Gasteiger charge is -2.14. The predicted octanol–water partition coefficient (Wildman–Crippen LogP) is 1.35. The summed E-state index contributed by atoms with van der Waals surface area (Å²) >= 11 is 1.67. The van der Waals surface area contributed by atoms with Gasteiger partial charge in [0.1, 0.15) is 6.04 Å². The number of hydrogen-bond donors (Lipinski definition) is 2. The average Bonchev–Trinajstić information content (AvgIpc) is 2.75. The second-order valence-electron chi connectivity index (χ2n) is 4.02. The van der Waals surface area contributed by atoms with Crippen LogP contribution in [-0.4, -0.2) is 47.9 Å². The van der Waals surface area contributed by atoms with Gasteiger partial charge in [0.05, 0.1) is 6.10 Å². The fraction of sp³-hybridized carbons (Fsp3) is 0.909. The normalized spacial score (nSPS) is 22.2. The SMILES string of the molecule is CCCNC(CSCC1CCCO1)C(=O)O. The highest BCUT2D eigenvalue weighted by Crippen LogP contribution is 2.17. The van der Waals surface area contributed by atoms with Crippen molar-refractivity contribution in [2.75, 3.05) is 24.7 Å². The molecule has 2 unspecified atom stereocenters. The summed E-state index contributed by atoms with van der Waals surface area (Å²) in [5.74, 6) is 0.778. The van der Waals surface area contributed by atoms with Crippen molar-refractivity contribution in [2.24, 2.45) is 0 Å². The summed E-state index contributed by atoms with van der Waals surface area (Å²) in [5, 5.41) is 12.0. The Morgan fingerprint density at radius 2 is 2.50 bits per heavy atom. The van der Waals surface area contributed by atoms with E-state index in [1.54, 1.807) is 11.8 Å². The van der Waals surface area contributed by atoms with Gasteiger partial charge in [-0.25, -0.2) is 0 Å². The first kappa shape index (κ1) is 13.8. The van der Waals surface area contributed by atoms with E-state index in [0.29, 0.717) is 11.9 Å². The Hall–Kier alpha value is -0.260. The number of rotatable bonds is 8. The van der Waals surface area contributed by atoms with Crippen molar-refractivity contribution in [1.29, 1.82) is 0 Å². The topological polar surface area (TPSA) is 58.6 Å². The maximum Gasteiger partial charge on any atom is 0.321 e. The Bertz CT molecular complexity index is 207. The molecule has 0 bridgehead atoms. The number of aliphatic carboxylic acids is 1. The van der Waals surface area contributed by atoms with Gasteiger partial charge in [-0.05, 0) is 25.8 Å². The van der Waals surface area contributed by atoms with Crippen molar-refractivity contribution >= 4 is 17.7 Å². The van der Waals surface area contributed by atoms with Gasteiger partial charge in [0, 0.05) is 18.1 Å². The summed E-state index contributed by atoms with van der Waals surface area (Å²) in [5.41, 5.74) is 0. The predicted molar refractivity (Wildman–Crippen MR) is 66.0 cm³/mol. The molecule has 1 saturated heterocycles. The zero-order valence-electron chi connectivity index (χ0n) is 9.78. The number of thioether (sulfide) groups is 1. The first-order chi connectivity index (χ1) is 7.74. The number of carboxylic acids is 1. The molecule has 1 heterocycles. The average molecular weight is 247 g/mol. The lowest BCUT2D eigenvalue weighted by atomic mass is 10.3. The van der Waals surface area contributed by atoms with E-state index in [0.717, 1.165) is 38.2 Å². The van der Waals surface area contributed by atoms with E-state index in [2.05, 4.69) is 5.32 Å². The van der Waals surface area contributed by atoms with Gasteiger partial charge in [-0.2, -0.15) is 11.8 Å². The van der Waals surface area contributed by atoms with Gasteiger partial charge in [0.2, 0.25) is 0 Å². The van der Waals surface area contributed by atoms with E-state index >= 15 is 0 Å². The molecular formula is C11H21NO3S. The van der Waals surface area contributed by atoms with E-state index in [4.69, 9.17) is 9.84 Å². The van der Waals surface area contributed by atoms with E-state index < -0.39 is 12.0 Å². The molecule has 0 amide bonds. The molecule has 0 saturated carbocycles. The molecule has 94 valence electrons. The summed E-state index contributed by atoms with van der Waals surface area (Å²) in [6.45, 7) is 3.66. The van der Waals surface area contributed by atoms with Crippen LogP contribution in [0.15, 0.2) is 0 Å². The Balaban J connectivity index is 2.13. The molecule has 1 fully saturated rings. The van der Waals surface area contributed by atoms with Crippen LogP contribution in [0.25, 0.3) is 0 Å². The number of nitrogens with one attached hydrogen (secondary N) is 1. The summed E-state index contributed by atoms with van der Waals surface area (Å²) in [7, 11) is 0. The number of carboxylic acid groups (broad SMARTS) is 1.